The summed E-state index contributed by atoms with van der Waals surface area (Å²) in [5.74, 6) is 0. The topological polar surface area (TPSA) is 21.8 Å². The van der Waals surface area contributed by atoms with Gasteiger partial charge >= 0.3 is 0 Å². The quantitative estimate of drug-likeness (QED) is 0.683. The molecule has 1 heterocycles. The van der Waals surface area contributed by atoms with Crippen molar-refractivity contribution in [1.29, 1.82) is 0 Å². The van der Waals surface area contributed by atoms with E-state index in [9.17, 15) is 0 Å². The first-order chi connectivity index (χ1) is 6.68. The molecule has 1 aromatic carbocycles. The summed E-state index contributed by atoms with van der Waals surface area (Å²) in [5.41, 5.74) is 1.25. The second kappa shape index (κ2) is 3.71. The van der Waals surface area contributed by atoms with Crippen molar-refractivity contribution in [2.75, 3.05) is 6.61 Å². The number of hydrogen-bond acceptors (Lipinski definition) is 2. The van der Waals surface area contributed by atoms with Crippen molar-refractivity contribution < 1.29 is 9.47 Å². The molecule has 0 N–H and O–H groups in total. The van der Waals surface area contributed by atoms with Crippen LogP contribution in [0.2, 0.25) is 0 Å². The lowest BCUT2D eigenvalue weighted by molar-refractivity contribution is 0.104. The van der Waals surface area contributed by atoms with E-state index >= 15 is 0 Å². The van der Waals surface area contributed by atoms with Crippen LogP contribution in [0.1, 0.15) is 19.4 Å². The average molecular weight is 192 g/mol. The van der Waals surface area contributed by atoms with E-state index in [1.165, 1.54) is 5.56 Å². The summed E-state index contributed by atoms with van der Waals surface area (Å²) in [5, 5.41) is 0. The Morgan fingerprint density at radius 3 is 2.50 bits per heavy atom. The zero-order valence-corrected chi connectivity index (χ0v) is 8.69. The first kappa shape index (κ1) is 9.69. The molecule has 1 fully saturated rings. The Kier molecular flexibility index (Phi) is 2.57. The second-order valence-corrected chi connectivity index (χ2v) is 4.21. The number of hydrogen-bond donors (Lipinski definition) is 0. The van der Waals surface area contributed by atoms with Gasteiger partial charge in [0, 0.05) is 0 Å². The molecule has 0 saturated carbocycles. The Morgan fingerprint density at radius 2 is 1.93 bits per heavy atom. The molecule has 0 bridgehead atoms. The van der Waals surface area contributed by atoms with Crippen LogP contribution in [0.3, 0.4) is 0 Å². The summed E-state index contributed by atoms with van der Waals surface area (Å²) >= 11 is 0. The van der Waals surface area contributed by atoms with Gasteiger partial charge in [0.15, 0.2) is 0 Å². The number of ether oxygens (including phenoxy) is 2. The zero-order valence-electron chi connectivity index (χ0n) is 8.69. The van der Waals surface area contributed by atoms with Crippen molar-refractivity contribution in [2.24, 2.45) is 0 Å². The summed E-state index contributed by atoms with van der Waals surface area (Å²) in [4.78, 5) is 0. The van der Waals surface area contributed by atoms with E-state index in [1.54, 1.807) is 0 Å². The maximum absolute atomic E-state index is 5.55. The molecule has 1 atom stereocenters. The van der Waals surface area contributed by atoms with Gasteiger partial charge in [0.2, 0.25) is 0 Å². The molecule has 1 unspecified atom stereocenters. The van der Waals surface area contributed by atoms with E-state index in [0.717, 1.165) is 0 Å². The molecule has 0 aromatic heterocycles. The van der Waals surface area contributed by atoms with Gasteiger partial charge in [-0.1, -0.05) is 30.3 Å². The minimum absolute atomic E-state index is 0.0384. The molecular weight excluding hydrogens is 176 g/mol. The Morgan fingerprint density at radius 1 is 1.29 bits per heavy atom. The lowest BCUT2D eigenvalue weighted by atomic mass is 10.1. The Hall–Kier alpha value is -0.860. The highest BCUT2D eigenvalue weighted by Crippen LogP contribution is 2.35. The van der Waals surface area contributed by atoms with Gasteiger partial charge in [-0.15, -0.1) is 0 Å². The van der Waals surface area contributed by atoms with Crippen LogP contribution in [0, 0.1) is 0 Å². The Bertz CT molecular complexity index is 292. The van der Waals surface area contributed by atoms with E-state index in [2.05, 4.69) is 26.0 Å². The first-order valence-corrected chi connectivity index (χ1v) is 4.98. The van der Waals surface area contributed by atoms with E-state index < -0.39 is 0 Å². The Labute approximate surface area is 84.8 Å². The predicted molar refractivity (Wildman–Crippen MR) is 55.1 cm³/mol. The highest BCUT2D eigenvalue weighted by molar-refractivity contribution is 5.13. The molecule has 2 rings (SSSR count). The maximum atomic E-state index is 5.55. The van der Waals surface area contributed by atoms with Crippen LogP contribution in [0.15, 0.2) is 30.3 Å². The van der Waals surface area contributed by atoms with Crippen molar-refractivity contribution in [1.82, 2.24) is 0 Å². The molecule has 2 nitrogen and oxygen atoms in total. The highest BCUT2D eigenvalue weighted by atomic mass is 16.6. The number of epoxide rings is 1. The third kappa shape index (κ3) is 2.34. The van der Waals surface area contributed by atoms with Crippen LogP contribution in [0.4, 0.5) is 0 Å². The fourth-order valence-corrected chi connectivity index (χ4v) is 1.43. The molecule has 0 radical (unpaired) electrons. The van der Waals surface area contributed by atoms with Crippen molar-refractivity contribution in [3.63, 3.8) is 0 Å². The lowest BCUT2D eigenvalue weighted by Crippen LogP contribution is -2.09. The monoisotopic (exact) mass is 192 g/mol. The van der Waals surface area contributed by atoms with Crippen LogP contribution < -0.4 is 0 Å². The van der Waals surface area contributed by atoms with Crippen LogP contribution in [-0.4, -0.2) is 18.3 Å². The fourth-order valence-electron chi connectivity index (χ4n) is 1.43. The lowest BCUT2D eigenvalue weighted by Gasteiger charge is -2.02. The smallest absolute Gasteiger partial charge is 0.110 e. The van der Waals surface area contributed by atoms with Gasteiger partial charge in [0.1, 0.15) is 6.10 Å². The summed E-state index contributed by atoms with van der Waals surface area (Å²) in [7, 11) is 0. The standard InChI is InChI=1S/C12H16O2/c1-12(2)11(14-12)9-13-8-10-6-4-3-5-7-10/h3-7,11H,8-9H2,1-2H3. The molecule has 1 aliphatic rings. The van der Waals surface area contributed by atoms with Gasteiger partial charge in [-0.3, -0.25) is 0 Å². The molecule has 0 spiro atoms. The minimum Gasteiger partial charge on any atom is -0.374 e. The van der Waals surface area contributed by atoms with Gasteiger partial charge in [-0.2, -0.15) is 0 Å². The average Bonchev–Trinajstić information content (AvgIpc) is 2.76. The number of benzene rings is 1. The largest absolute Gasteiger partial charge is 0.374 e. The van der Waals surface area contributed by atoms with Crippen LogP contribution in [0.25, 0.3) is 0 Å². The third-order valence-corrected chi connectivity index (χ3v) is 2.54. The molecule has 0 amide bonds. The predicted octanol–water partition coefficient (Wildman–Crippen LogP) is 2.38. The Balaban J connectivity index is 1.69. The second-order valence-electron chi connectivity index (χ2n) is 4.21. The van der Waals surface area contributed by atoms with Crippen molar-refractivity contribution >= 4 is 0 Å². The summed E-state index contributed by atoms with van der Waals surface area (Å²) < 4.78 is 11.0. The van der Waals surface area contributed by atoms with Crippen molar-refractivity contribution in [2.45, 2.75) is 32.2 Å². The SMILES string of the molecule is CC1(C)OC1COCc1ccccc1. The molecule has 0 aliphatic carbocycles. The summed E-state index contributed by atoms with van der Waals surface area (Å²) in [6.45, 7) is 5.55. The summed E-state index contributed by atoms with van der Waals surface area (Å²) in [6, 6.07) is 10.2. The van der Waals surface area contributed by atoms with E-state index in [-0.39, 0.29) is 11.7 Å². The first-order valence-electron chi connectivity index (χ1n) is 4.98. The van der Waals surface area contributed by atoms with Crippen molar-refractivity contribution in [3.05, 3.63) is 35.9 Å². The molecule has 1 aromatic rings. The van der Waals surface area contributed by atoms with Gasteiger partial charge in [0.05, 0.1) is 18.8 Å². The molecule has 14 heavy (non-hydrogen) atoms. The van der Waals surface area contributed by atoms with Gasteiger partial charge in [-0.05, 0) is 19.4 Å². The van der Waals surface area contributed by atoms with Gasteiger partial charge < -0.3 is 9.47 Å². The molecule has 1 aliphatic heterocycles. The van der Waals surface area contributed by atoms with E-state index in [1.807, 2.05) is 18.2 Å². The molecule has 76 valence electrons. The third-order valence-electron chi connectivity index (χ3n) is 2.54. The molecule has 2 heteroatoms. The van der Waals surface area contributed by atoms with Crippen LogP contribution in [-0.2, 0) is 16.1 Å². The number of rotatable bonds is 4. The fraction of sp³-hybridized carbons (Fsp3) is 0.500. The highest BCUT2D eigenvalue weighted by Gasteiger charge is 2.47. The zero-order chi connectivity index (χ0) is 10.0. The van der Waals surface area contributed by atoms with Gasteiger partial charge in [0.25, 0.3) is 0 Å². The van der Waals surface area contributed by atoms with E-state index in [0.29, 0.717) is 13.2 Å². The van der Waals surface area contributed by atoms with Crippen LogP contribution in [0.5, 0.6) is 0 Å². The molecular formula is C12H16O2. The van der Waals surface area contributed by atoms with Gasteiger partial charge in [-0.25, -0.2) is 0 Å². The summed E-state index contributed by atoms with van der Waals surface area (Å²) in [6.07, 6.45) is 0.284. The van der Waals surface area contributed by atoms with Crippen molar-refractivity contribution in [3.8, 4) is 0 Å². The molecule has 1 saturated heterocycles. The van der Waals surface area contributed by atoms with E-state index in [4.69, 9.17) is 9.47 Å². The normalized spacial score (nSPS) is 23.4. The van der Waals surface area contributed by atoms with Crippen LogP contribution >= 0.6 is 0 Å². The minimum atomic E-state index is 0.0384. The maximum Gasteiger partial charge on any atom is 0.110 e.